The third-order valence-electron chi connectivity index (χ3n) is 2.50. The Morgan fingerprint density at radius 3 is 1.43 bits per heavy atom. The quantitative estimate of drug-likeness (QED) is 0.310. The van der Waals surface area contributed by atoms with Crippen LogP contribution in [0.5, 0.6) is 0 Å². The number of unbranched alkanes of at least 4 members (excludes halogenated alkanes) is 3. The molecule has 0 N–H and O–H groups in total. The maximum Gasteiger partial charge on any atom is 0.146 e. The molecule has 0 aliphatic heterocycles. The molecule has 0 fully saturated rings. The standard InChI is InChI=1S/C7H6O.3C4H10.Sn/c8-6-7-4-2-1-3-5-7;3*1-3-4-2;/h2-4,6H,5H2;3*3-4H2,1-2H3;. The average molecular weight is 399 g/mol. The molecule has 0 aromatic carbocycles. The van der Waals surface area contributed by atoms with Crippen molar-refractivity contribution in [2.75, 3.05) is 0 Å². The Hall–Kier alpha value is -0.271. The summed E-state index contributed by atoms with van der Waals surface area (Å²) in [5, 5.41) is 0. The van der Waals surface area contributed by atoms with Crippen LogP contribution in [0, 0.1) is 0 Å². The van der Waals surface area contributed by atoms with E-state index < -0.39 is 0 Å². The molecule has 0 bridgehead atoms. The predicted molar refractivity (Wildman–Crippen MR) is 98.9 cm³/mol. The fourth-order valence-electron chi connectivity index (χ4n) is 0.555. The summed E-state index contributed by atoms with van der Waals surface area (Å²) in [6.07, 6.45) is 14.9. The maximum absolute atomic E-state index is 10.0. The van der Waals surface area contributed by atoms with E-state index in [1.807, 2.05) is 6.08 Å². The zero-order chi connectivity index (χ0) is 16.1. The van der Waals surface area contributed by atoms with Crippen molar-refractivity contribution in [2.45, 2.75) is 86.5 Å². The molecule has 0 heterocycles. The Balaban J connectivity index is -0.0000000973. The molecular formula is C19H36OSn. The van der Waals surface area contributed by atoms with Gasteiger partial charge in [-0.1, -0.05) is 80.1 Å². The van der Waals surface area contributed by atoms with Crippen molar-refractivity contribution in [3.63, 3.8) is 0 Å². The largest absolute Gasteiger partial charge is 0.298 e. The van der Waals surface area contributed by atoms with Crippen LogP contribution in [0.2, 0.25) is 0 Å². The summed E-state index contributed by atoms with van der Waals surface area (Å²) in [5.74, 6) is 0. The van der Waals surface area contributed by atoms with Crippen LogP contribution < -0.4 is 0 Å². The van der Waals surface area contributed by atoms with Crippen LogP contribution in [0.4, 0.5) is 0 Å². The van der Waals surface area contributed by atoms with Crippen LogP contribution in [0.1, 0.15) is 86.5 Å². The van der Waals surface area contributed by atoms with Gasteiger partial charge in [0.15, 0.2) is 0 Å². The van der Waals surface area contributed by atoms with Gasteiger partial charge >= 0.3 is 0 Å². The molecule has 0 atom stereocenters. The summed E-state index contributed by atoms with van der Waals surface area (Å²) in [5.41, 5.74) is 3.69. The van der Waals surface area contributed by atoms with E-state index in [1.165, 1.54) is 38.5 Å². The molecule has 0 unspecified atom stereocenters. The van der Waals surface area contributed by atoms with Gasteiger partial charge in [-0.3, -0.25) is 4.79 Å². The molecule has 4 radical (unpaired) electrons. The van der Waals surface area contributed by atoms with E-state index >= 15 is 0 Å². The van der Waals surface area contributed by atoms with E-state index in [4.69, 9.17) is 0 Å². The van der Waals surface area contributed by atoms with Gasteiger partial charge < -0.3 is 0 Å². The van der Waals surface area contributed by atoms with Crippen molar-refractivity contribution in [1.82, 2.24) is 0 Å². The monoisotopic (exact) mass is 400 g/mol. The van der Waals surface area contributed by atoms with Crippen LogP contribution in [-0.2, 0) is 4.79 Å². The number of rotatable bonds is 4. The molecule has 2 heteroatoms. The number of allylic oxidation sites excluding steroid dienone is 3. The molecule has 122 valence electrons. The Bertz CT molecular complexity index is 245. The Kier molecular flexibility index (Phi) is 43.8. The second kappa shape index (κ2) is 31.9. The van der Waals surface area contributed by atoms with Crippen molar-refractivity contribution >= 4 is 30.2 Å². The van der Waals surface area contributed by atoms with Crippen molar-refractivity contribution in [2.24, 2.45) is 0 Å². The molecule has 1 aliphatic carbocycles. The molecule has 21 heavy (non-hydrogen) atoms. The third-order valence-corrected chi connectivity index (χ3v) is 2.50. The first-order valence-corrected chi connectivity index (χ1v) is 8.23. The van der Waals surface area contributed by atoms with Gasteiger partial charge in [-0.05, 0) is 23.8 Å². The van der Waals surface area contributed by atoms with Gasteiger partial charge in [0.2, 0.25) is 0 Å². The maximum atomic E-state index is 10.0. The molecule has 0 aromatic rings. The molecule has 1 aliphatic rings. The summed E-state index contributed by atoms with van der Waals surface area (Å²) in [6.45, 7) is 13.1. The van der Waals surface area contributed by atoms with E-state index in [0.29, 0.717) is 0 Å². The zero-order valence-corrected chi connectivity index (χ0v) is 18.0. The van der Waals surface area contributed by atoms with Gasteiger partial charge in [0.05, 0.1) is 0 Å². The van der Waals surface area contributed by atoms with Gasteiger partial charge in [0.1, 0.15) is 6.29 Å². The van der Waals surface area contributed by atoms with Gasteiger partial charge in [0.25, 0.3) is 0 Å². The summed E-state index contributed by atoms with van der Waals surface area (Å²) in [7, 11) is 0. The Labute approximate surface area is 150 Å². The van der Waals surface area contributed by atoms with Crippen LogP contribution in [0.3, 0.4) is 0 Å². The van der Waals surface area contributed by atoms with Crippen LogP contribution in [0.15, 0.2) is 29.5 Å². The summed E-state index contributed by atoms with van der Waals surface area (Å²) >= 11 is 0. The number of aldehydes is 1. The SMILES string of the molecule is CCCC.CCCC.CCCC.O=CC1=CC=C=CC1.[Sn]. The molecule has 0 aromatic heterocycles. The van der Waals surface area contributed by atoms with E-state index in [9.17, 15) is 4.79 Å². The minimum atomic E-state index is 0. The smallest absolute Gasteiger partial charge is 0.146 e. The van der Waals surface area contributed by atoms with Gasteiger partial charge in [0, 0.05) is 30.3 Å². The topological polar surface area (TPSA) is 17.1 Å². The van der Waals surface area contributed by atoms with Gasteiger partial charge in [-0.25, -0.2) is 0 Å². The minimum Gasteiger partial charge on any atom is -0.298 e. The first-order valence-electron chi connectivity index (χ1n) is 8.23. The fraction of sp³-hybridized carbons (Fsp3) is 0.684. The van der Waals surface area contributed by atoms with E-state index in [0.717, 1.165) is 18.3 Å². The molecule has 0 saturated heterocycles. The normalized spacial score (nSPS) is 10.3. The molecule has 0 spiro atoms. The van der Waals surface area contributed by atoms with E-state index in [-0.39, 0.29) is 23.9 Å². The molecule has 0 amide bonds. The summed E-state index contributed by atoms with van der Waals surface area (Å²) in [4.78, 5) is 10.0. The molecule has 1 nitrogen and oxygen atoms in total. The van der Waals surface area contributed by atoms with Crippen molar-refractivity contribution in [3.05, 3.63) is 29.5 Å². The zero-order valence-electron chi connectivity index (χ0n) is 15.2. The second-order valence-corrected chi connectivity index (χ2v) is 4.60. The minimum absolute atomic E-state index is 0. The Morgan fingerprint density at radius 1 is 0.905 bits per heavy atom. The summed E-state index contributed by atoms with van der Waals surface area (Å²) in [6, 6.07) is 0. The molecular weight excluding hydrogens is 363 g/mol. The Morgan fingerprint density at radius 2 is 1.29 bits per heavy atom. The van der Waals surface area contributed by atoms with Crippen molar-refractivity contribution < 1.29 is 4.79 Å². The third kappa shape index (κ3) is 38.3. The number of carbonyl (C=O) groups excluding carboxylic acids is 1. The van der Waals surface area contributed by atoms with Crippen LogP contribution >= 0.6 is 0 Å². The summed E-state index contributed by atoms with van der Waals surface area (Å²) < 4.78 is 0. The molecule has 1 rings (SSSR count). The van der Waals surface area contributed by atoms with Gasteiger partial charge in [-0.2, -0.15) is 0 Å². The van der Waals surface area contributed by atoms with Gasteiger partial charge in [-0.15, -0.1) is 5.73 Å². The number of hydrogen-bond acceptors (Lipinski definition) is 1. The average Bonchev–Trinajstić information content (AvgIpc) is 2.56. The number of carbonyl (C=O) groups is 1. The van der Waals surface area contributed by atoms with Crippen molar-refractivity contribution in [1.29, 1.82) is 0 Å². The first-order chi connectivity index (χ1) is 9.67. The van der Waals surface area contributed by atoms with Crippen LogP contribution in [-0.4, -0.2) is 30.2 Å². The van der Waals surface area contributed by atoms with Crippen molar-refractivity contribution in [3.8, 4) is 0 Å². The van der Waals surface area contributed by atoms with Crippen LogP contribution in [0.25, 0.3) is 0 Å². The predicted octanol–water partition coefficient (Wildman–Crippen LogP) is 6.27. The van der Waals surface area contributed by atoms with E-state index in [1.54, 1.807) is 12.2 Å². The number of hydrogen-bond donors (Lipinski definition) is 0. The molecule has 0 saturated carbocycles. The van der Waals surface area contributed by atoms with E-state index in [2.05, 4.69) is 47.3 Å². The first kappa shape index (κ1) is 28.8. The second-order valence-electron chi connectivity index (χ2n) is 4.60. The fourth-order valence-corrected chi connectivity index (χ4v) is 0.555.